The summed E-state index contributed by atoms with van der Waals surface area (Å²) in [6.45, 7) is 0. The van der Waals surface area contributed by atoms with Gasteiger partial charge in [-0.15, -0.1) is 11.6 Å². The van der Waals surface area contributed by atoms with Crippen molar-refractivity contribution in [3.05, 3.63) is 28.0 Å². The molecule has 6 heteroatoms. The van der Waals surface area contributed by atoms with Gasteiger partial charge in [-0.2, -0.15) is 0 Å². The lowest BCUT2D eigenvalue weighted by Crippen LogP contribution is -2.19. The lowest BCUT2D eigenvalue weighted by atomic mass is 10.0. The van der Waals surface area contributed by atoms with Gasteiger partial charge in [-0.25, -0.2) is 4.98 Å². The van der Waals surface area contributed by atoms with Crippen LogP contribution < -0.4 is 0 Å². The lowest BCUT2D eigenvalue weighted by molar-refractivity contribution is 0.0170. The van der Waals surface area contributed by atoms with Crippen molar-refractivity contribution in [3.63, 3.8) is 0 Å². The fraction of sp³-hybridized carbons (Fsp3) is 0.444. The summed E-state index contributed by atoms with van der Waals surface area (Å²) < 4.78 is 0. The molecule has 0 bridgehead atoms. The second-order valence-corrected chi connectivity index (χ2v) is 4.11. The van der Waals surface area contributed by atoms with Gasteiger partial charge in [-0.3, -0.25) is 0 Å². The summed E-state index contributed by atoms with van der Waals surface area (Å²) >= 11 is 17.0. The predicted molar refractivity (Wildman–Crippen MR) is 60.6 cm³/mol. The molecule has 0 amide bonds. The van der Waals surface area contributed by atoms with Crippen LogP contribution in [0, 0.1) is 0 Å². The van der Waals surface area contributed by atoms with E-state index in [2.05, 4.69) is 4.98 Å². The van der Waals surface area contributed by atoms with Crippen molar-refractivity contribution in [3.8, 4) is 0 Å². The zero-order valence-electron chi connectivity index (χ0n) is 7.70. The quantitative estimate of drug-likeness (QED) is 0.652. The lowest BCUT2D eigenvalue weighted by Gasteiger charge is -2.18. The van der Waals surface area contributed by atoms with Crippen LogP contribution in [0.2, 0.25) is 10.2 Å². The zero-order chi connectivity index (χ0) is 11.4. The molecule has 84 valence electrons. The summed E-state index contributed by atoms with van der Waals surface area (Å²) in [6.07, 6.45) is -0.366. The Morgan fingerprint density at radius 3 is 2.60 bits per heavy atom. The van der Waals surface area contributed by atoms with Crippen molar-refractivity contribution in [1.29, 1.82) is 0 Å². The predicted octanol–water partition coefficient (Wildman–Crippen LogP) is 2.41. The standard InChI is InChI=1S/C9H10Cl3NO2/c10-3-1-6(14)8(15)5-2-4-13-9(12)7(5)11/h2,4,6,8,14-15H,1,3H2. The molecule has 1 aromatic heterocycles. The maximum absolute atomic E-state index is 9.75. The molecule has 2 atom stereocenters. The van der Waals surface area contributed by atoms with Gasteiger partial charge in [0.05, 0.1) is 11.1 Å². The number of hydrogen-bond acceptors (Lipinski definition) is 3. The SMILES string of the molecule is OC(CCCl)C(O)c1ccnc(Cl)c1Cl. The van der Waals surface area contributed by atoms with Crippen LogP contribution in [0.15, 0.2) is 12.3 Å². The Morgan fingerprint density at radius 2 is 2.00 bits per heavy atom. The number of rotatable bonds is 4. The third-order valence-corrected chi connectivity index (χ3v) is 2.96. The minimum absolute atomic E-state index is 0.103. The molecule has 1 heterocycles. The van der Waals surface area contributed by atoms with Gasteiger partial charge in [-0.1, -0.05) is 23.2 Å². The van der Waals surface area contributed by atoms with Crippen LogP contribution in [0.5, 0.6) is 0 Å². The van der Waals surface area contributed by atoms with Crippen LogP contribution in [0.4, 0.5) is 0 Å². The van der Waals surface area contributed by atoms with Crippen LogP contribution in [0.25, 0.3) is 0 Å². The fourth-order valence-corrected chi connectivity index (χ4v) is 1.75. The summed E-state index contributed by atoms with van der Waals surface area (Å²) in [4.78, 5) is 3.74. The fourth-order valence-electron chi connectivity index (χ4n) is 1.14. The average Bonchev–Trinajstić information content (AvgIpc) is 2.21. The van der Waals surface area contributed by atoms with E-state index in [4.69, 9.17) is 34.8 Å². The molecule has 0 spiro atoms. The molecule has 0 fully saturated rings. The van der Waals surface area contributed by atoms with Gasteiger partial charge >= 0.3 is 0 Å². The van der Waals surface area contributed by atoms with E-state index in [-0.39, 0.29) is 22.5 Å². The average molecular weight is 271 g/mol. The van der Waals surface area contributed by atoms with E-state index in [1.54, 1.807) is 0 Å². The van der Waals surface area contributed by atoms with Crippen LogP contribution in [0.1, 0.15) is 18.1 Å². The van der Waals surface area contributed by atoms with Crippen LogP contribution in [-0.2, 0) is 0 Å². The number of aromatic nitrogens is 1. The smallest absolute Gasteiger partial charge is 0.147 e. The summed E-state index contributed by atoms with van der Waals surface area (Å²) in [7, 11) is 0. The van der Waals surface area contributed by atoms with E-state index < -0.39 is 12.2 Å². The molecule has 3 nitrogen and oxygen atoms in total. The Hall–Kier alpha value is -0.0600. The van der Waals surface area contributed by atoms with Crippen molar-refractivity contribution in [2.24, 2.45) is 0 Å². The largest absolute Gasteiger partial charge is 0.390 e. The van der Waals surface area contributed by atoms with Gasteiger partial charge < -0.3 is 10.2 Å². The first-order valence-corrected chi connectivity index (χ1v) is 5.59. The molecule has 1 rings (SSSR count). The Labute approximate surface area is 103 Å². The van der Waals surface area contributed by atoms with Crippen molar-refractivity contribution < 1.29 is 10.2 Å². The second kappa shape index (κ2) is 5.87. The first-order valence-electron chi connectivity index (χ1n) is 4.30. The highest BCUT2D eigenvalue weighted by molar-refractivity contribution is 6.41. The number of pyridine rings is 1. The van der Waals surface area contributed by atoms with Gasteiger partial charge in [0.2, 0.25) is 0 Å². The zero-order valence-corrected chi connectivity index (χ0v) is 9.97. The highest BCUT2D eigenvalue weighted by Gasteiger charge is 2.21. The van der Waals surface area contributed by atoms with Gasteiger partial charge in [0.25, 0.3) is 0 Å². The molecule has 0 aliphatic heterocycles. The first-order chi connectivity index (χ1) is 7.07. The molecular weight excluding hydrogens is 260 g/mol. The molecular formula is C9H10Cl3NO2. The second-order valence-electron chi connectivity index (χ2n) is 2.99. The van der Waals surface area contributed by atoms with Crippen LogP contribution in [-0.4, -0.2) is 27.2 Å². The Bertz CT molecular complexity index is 335. The highest BCUT2D eigenvalue weighted by atomic mass is 35.5. The summed E-state index contributed by atoms with van der Waals surface area (Å²) in [5.74, 6) is 0.259. The molecule has 0 aliphatic carbocycles. The van der Waals surface area contributed by atoms with E-state index in [1.165, 1.54) is 12.3 Å². The molecule has 2 unspecified atom stereocenters. The number of aliphatic hydroxyl groups is 2. The van der Waals surface area contributed by atoms with Gasteiger partial charge in [-0.05, 0) is 12.5 Å². The highest BCUT2D eigenvalue weighted by Crippen LogP contribution is 2.30. The maximum Gasteiger partial charge on any atom is 0.147 e. The number of nitrogens with zero attached hydrogens (tertiary/aromatic N) is 1. The monoisotopic (exact) mass is 269 g/mol. The molecule has 0 saturated carbocycles. The van der Waals surface area contributed by atoms with Crippen LogP contribution in [0.3, 0.4) is 0 Å². The summed E-state index contributed by atoms with van der Waals surface area (Å²) in [6, 6.07) is 1.51. The Kier molecular flexibility index (Phi) is 5.09. The Balaban J connectivity index is 2.90. The number of alkyl halides is 1. The molecule has 2 N–H and O–H groups in total. The van der Waals surface area contributed by atoms with E-state index in [0.29, 0.717) is 5.56 Å². The van der Waals surface area contributed by atoms with Gasteiger partial charge in [0, 0.05) is 17.6 Å². The number of aliphatic hydroxyl groups excluding tert-OH is 2. The molecule has 0 saturated heterocycles. The van der Waals surface area contributed by atoms with Crippen molar-refractivity contribution >= 4 is 34.8 Å². The maximum atomic E-state index is 9.75. The minimum atomic E-state index is -1.10. The summed E-state index contributed by atoms with van der Waals surface area (Å²) in [5.41, 5.74) is 0.356. The normalized spacial score (nSPS) is 15.0. The Morgan fingerprint density at radius 1 is 1.33 bits per heavy atom. The number of halogens is 3. The van der Waals surface area contributed by atoms with Crippen molar-refractivity contribution in [2.75, 3.05) is 5.88 Å². The van der Waals surface area contributed by atoms with Gasteiger partial charge in [0.1, 0.15) is 11.3 Å². The molecule has 0 radical (unpaired) electrons. The summed E-state index contributed by atoms with van der Waals surface area (Å²) in [5, 5.41) is 19.5. The molecule has 1 aromatic rings. The molecule has 0 aliphatic rings. The minimum Gasteiger partial charge on any atom is -0.390 e. The van der Waals surface area contributed by atoms with Crippen molar-refractivity contribution in [1.82, 2.24) is 4.98 Å². The molecule has 15 heavy (non-hydrogen) atoms. The topological polar surface area (TPSA) is 53.4 Å². The van der Waals surface area contributed by atoms with Gasteiger partial charge in [0.15, 0.2) is 0 Å². The third kappa shape index (κ3) is 3.20. The van der Waals surface area contributed by atoms with E-state index in [1.807, 2.05) is 0 Å². The molecule has 0 aromatic carbocycles. The van der Waals surface area contributed by atoms with E-state index in [9.17, 15) is 10.2 Å². The van der Waals surface area contributed by atoms with E-state index in [0.717, 1.165) is 0 Å². The van der Waals surface area contributed by atoms with Crippen LogP contribution >= 0.6 is 34.8 Å². The van der Waals surface area contributed by atoms with E-state index >= 15 is 0 Å². The number of hydrogen-bond donors (Lipinski definition) is 2. The van der Waals surface area contributed by atoms with Crippen molar-refractivity contribution in [2.45, 2.75) is 18.6 Å². The third-order valence-electron chi connectivity index (χ3n) is 1.96. The first kappa shape index (κ1) is 13.0.